The number of nitrogens with one attached hydrogen (secondary N) is 3. The molecule has 1 amide bonds. The van der Waals surface area contributed by atoms with E-state index in [9.17, 15) is 4.79 Å². The molecule has 0 saturated heterocycles. The predicted octanol–water partition coefficient (Wildman–Crippen LogP) is 3.12. The van der Waals surface area contributed by atoms with Gasteiger partial charge in [0.2, 0.25) is 5.91 Å². The number of aromatic amines is 2. The highest BCUT2D eigenvalue weighted by Gasteiger charge is 2.31. The van der Waals surface area contributed by atoms with Crippen LogP contribution in [0.15, 0.2) is 24.4 Å². The van der Waals surface area contributed by atoms with E-state index in [1.54, 1.807) is 0 Å². The number of rotatable bonds is 3. The largest absolute Gasteiger partial charge is 0.325 e. The second-order valence-electron chi connectivity index (χ2n) is 7.17. The third-order valence-electron chi connectivity index (χ3n) is 4.97. The Hall–Kier alpha value is -2.96. The summed E-state index contributed by atoms with van der Waals surface area (Å²) in [6, 6.07) is 5.86. The van der Waals surface area contributed by atoms with Gasteiger partial charge in [0.1, 0.15) is 5.82 Å². The minimum Gasteiger partial charge on any atom is -0.325 e. The van der Waals surface area contributed by atoms with Crippen LogP contribution in [0, 0.1) is 19.8 Å². The average molecular weight is 350 g/mol. The number of anilines is 1. The number of benzene rings is 1. The zero-order chi connectivity index (χ0) is 18.3. The lowest BCUT2D eigenvalue weighted by Gasteiger charge is -2.26. The van der Waals surface area contributed by atoms with Crippen LogP contribution in [0.25, 0.3) is 11.4 Å². The monoisotopic (exact) mass is 350 g/mol. The topological polar surface area (TPSA) is 99.3 Å². The molecule has 7 nitrogen and oxygen atoms in total. The maximum absolute atomic E-state index is 13.0. The molecule has 2 atom stereocenters. The number of H-pyrrole nitrogens is 2. The predicted molar refractivity (Wildman–Crippen MR) is 98.7 cm³/mol. The molecule has 1 aliphatic carbocycles. The van der Waals surface area contributed by atoms with E-state index < -0.39 is 0 Å². The molecule has 0 fully saturated rings. The highest BCUT2D eigenvalue weighted by atomic mass is 16.1. The summed E-state index contributed by atoms with van der Waals surface area (Å²) in [4.78, 5) is 17.3. The number of amides is 1. The number of hydrogen-bond acceptors (Lipinski definition) is 4. The summed E-state index contributed by atoms with van der Waals surface area (Å²) >= 11 is 0. The molecule has 4 rings (SSSR count). The first-order valence-electron chi connectivity index (χ1n) is 8.84. The summed E-state index contributed by atoms with van der Waals surface area (Å²) in [7, 11) is 0. The van der Waals surface area contributed by atoms with Gasteiger partial charge in [-0.3, -0.25) is 15.0 Å². The molecule has 0 saturated carbocycles. The maximum atomic E-state index is 13.0. The summed E-state index contributed by atoms with van der Waals surface area (Å²) in [5.41, 5.74) is 4.75. The molecule has 0 radical (unpaired) electrons. The van der Waals surface area contributed by atoms with E-state index in [0.717, 1.165) is 46.7 Å². The lowest BCUT2D eigenvalue weighted by Crippen LogP contribution is -2.28. The maximum Gasteiger partial charge on any atom is 0.233 e. The van der Waals surface area contributed by atoms with E-state index in [4.69, 9.17) is 0 Å². The average Bonchev–Trinajstić information content (AvgIpc) is 3.24. The molecule has 3 N–H and O–H groups in total. The first kappa shape index (κ1) is 16.5. The molecule has 2 unspecified atom stereocenters. The Morgan fingerprint density at radius 2 is 2.12 bits per heavy atom. The van der Waals surface area contributed by atoms with Crippen molar-refractivity contribution < 1.29 is 4.79 Å². The van der Waals surface area contributed by atoms with Crippen LogP contribution in [0.1, 0.15) is 41.9 Å². The number of carbonyl (C=O) groups is 1. The molecule has 0 bridgehead atoms. The molecule has 2 aromatic heterocycles. The molecule has 134 valence electrons. The summed E-state index contributed by atoms with van der Waals surface area (Å²) in [6.45, 7) is 6.01. The normalized spacial score (nSPS) is 19.2. The smallest absolute Gasteiger partial charge is 0.233 e. The standard InChI is InChI=1S/C19H22N6O/c1-10-6-14-9-20-24-17(14)15(7-10)19(26)22-16-8-13(5-4-11(16)2)18-21-12(3)23-25-18/h4-5,8-10,15H,6-7H2,1-3H3,(H,20,24)(H,22,26)(H,21,23,25). The van der Waals surface area contributed by atoms with E-state index >= 15 is 0 Å². The molecule has 3 aromatic rings. The summed E-state index contributed by atoms with van der Waals surface area (Å²) in [5.74, 6) is 1.63. The highest BCUT2D eigenvalue weighted by Crippen LogP contribution is 2.34. The van der Waals surface area contributed by atoms with Crippen LogP contribution in [0.3, 0.4) is 0 Å². The first-order chi connectivity index (χ1) is 12.5. The molecular weight excluding hydrogens is 328 g/mol. The van der Waals surface area contributed by atoms with Crippen LogP contribution in [0.4, 0.5) is 5.69 Å². The number of fused-ring (bicyclic) bond motifs is 1. The molecule has 26 heavy (non-hydrogen) atoms. The molecule has 1 aliphatic rings. The SMILES string of the molecule is Cc1nc(-c2ccc(C)c(NC(=O)C3CC(C)Cc4cn[nH]c43)c2)n[nH]1. The van der Waals surface area contributed by atoms with Gasteiger partial charge in [0, 0.05) is 11.3 Å². The van der Waals surface area contributed by atoms with Gasteiger partial charge in [0.15, 0.2) is 5.82 Å². The van der Waals surface area contributed by atoms with Gasteiger partial charge in [-0.05, 0) is 49.8 Å². The first-order valence-corrected chi connectivity index (χ1v) is 8.84. The van der Waals surface area contributed by atoms with Crippen LogP contribution in [0.5, 0.6) is 0 Å². The summed E-state index contributed by atoms with van der Waals surface area (Å²) < 4.78 is 0. The molecular formula is C19H22N6O. The van der Waals surface area contributed by atoms with Gasteiger partial charge in [0.05, 0.1) is 17.8 Å². The second-order valence-corrected chi connectivity index (χ2v) is 7.17. The lowest BCUT2D eigenvalue weighted by molar-refractivity contribution is -0.118. The van der Waals surface area contributed by atoms with Crippen molar-refractivity contribution >= 4 is 11.6 Å². The Balaban J connectivity index is 1.60. The molecule has 0 aliphatic heterocycles. The Morgan fingerprint density at radius 1 is 1.27 bits per heavy atom. The van der Waals surface area contributed by atoms with Crippen molar-refractivity contribution in [3.05, 3.63) is 47.0 Å². The Labute approximate surface area is 151 Å². The number of aromatic nitrogens is 5. The Kier molecular flexibility index (Phi) is 4.06. The van der Waals surface area contributed by atoms with Gasteiger partial charge in [0.25, 0.3) is 0 Å². The molecule has 1 aromatic carbocycles. The van der Waals surface area contributed by atoms with Crippen molar-refractivity contribution in [2.24, 2.45) is 5.92 Å². The van der Waals surface area contributed by atoms with Crippen molar-refractivity contribution in [2.75, 3.05) is 5.32 Å². The molecule has 7 heteroatoms. The lowest BCUT2D eigenvalue weighted by atomic mass is 9.81. The van der Waals surface area contributed by atoms with Crippen LogP contribution in [0.2, 0.25) is 0 Å². The molecule has 0 spiro atoms. The van der Waals surface area contributed by atoms with E-state index in [2.05, 4.69) is 37.6 Å². The zero-order valence-corrected chi connectivity index (χ0v) is 15.1. The summed E-state index contributed by atoms with van der Waals surface area (Å²) in [5, 5.41) is 17.3. The fourth-order valence-electron chi connectivity index (χ4n) is 3.59. The van der Waals surface area contributed by atoms with E-state index in [0.29, 0.717) is 11.7 Å². The minimum atomic E-state index is -0.204. The third-order valence-corrected chi connectivity index (χ3v) is 4.97. The van der Waals surface area contributed by atoms with Gasteiger partial charge in [-0.1, -0.05) is 19.1 Å². The van der Waals surface area contributed by atoms with Crippen LogP contribution < -0.4 is 5.32 Å². The zero-order valence-electron chi connectivity index (χ0n) is 15.1. The number of aryl methyl sites for hydroxylation is 2. The fraction of sp³-hybridized carbons (Fsp3) is 0.368. The van der Waals surface area contributed by atoms with Crippen molar-refractivity contribution in [3.8, 4) is 11.4 Å². The van der Waals surface area contributed by atoms with Crippen LogP contribution >= 0.6 is 0 Å². The van der Waals surface area contributed by atoms with Crippen molar-refractivity contribution in [1.82, 2.24) is 25.4 Å². The van der Waals surface area contributed by atoms with E-state index in [1.807, 2.05) is 38.2 Å². The van der Waals surface area contributed by atoms with Crippen molar-refractivity contribution in [1.29, 1.82) is 0 Å². The number of hydrogen-bond donors (Lipinski definition) is 3. The van der Waals surface area contributed by atoms with Crippen LogP contribution in [-0.2, 0) is 11.2 Å². The molecule has 2 heterocycles. The summed E-state index contributed by atoms with van der Waals surface area (Å²) in [6.07, 6.45) is 3.62. The van der Waals surface area contributed by atoms with Crippen molar-refractivity contribution in [2.45, 2.75) is 39.5 Å². The highest BCUT2D eigenvalue weighted by molar-refractivity contribution is 5.97. The fourth-order valence-corrected chi connectivity index (χ4v) is 3.59. The Bertz CT molecular complexity index is 957. The van der Waals surface area contributed by atoms with Crippen LogP contribution in [-0.4, -0.2) is 31.3 Å². The number of carbonyl (C=O) groups excluding carboxylic acids is 1. The minimum absolute atomic E-state index is 0.00605. The third kappa shape index (κ3) is 3.00. The van der Waals surface area contributed by atoms with E-state index in [-0.39, 0.29) is 11.8 Å². The van der Waals surface area contributed by atoms with Gasteiger partial charge < -0.3 is 5.32 Å². The quantitative estimate of drug-likeness (QED) is 0.676. The second kappa shape index (κ2) is 6.40. The number of nitrogens with zero attached hydrogens (tertiary/aromatic N) is 3. The van der Waals surface area contributed by atoms with Gasteiger partial charge in [-0.25, -0.2) is 4.98 Å². The van der Waals surface area contributed by atoms with E-state index in [1.165, 1.54) is 0 Å². The van der Waals surface area contributed by atoms with Gasteiger partial charge in [-0.2, -0.15) is 10.2 Å². The van der Waals surface area contributed by atoms with Crippen molar-refractivity contribution in [3.63, 3.8) is 0 Å². The Morgan fingerprint density at radius 3 is 2.88 bits per heavy atom. The van der Waals surface area contributed by atoms with Gasteiger partial charge >= 0.3 is 0 Å². The van der Waals surface area contributed by atoms with Gasteiger partial charge in [-0.15, -0.1) is 0 Å².